The highest BCUT2D eigenvalue weighted by Crippen LogP contribution is 2.29. The smallest absolute Gasteiger partial charge is 0.344 e. The Hall–Kier alpha value is -2.61. The number of cyclic esters (lactones) is 1. The second-order valence-electron chi connectivity index (χ2n) is 4.24. The average molecular weight is 248 g/mol. The lowest BCUT2D eigenvalue weighted by atomic mass is 10.1. The Labute approximate surface area is 111 Å². The number of hydrogen-bond acceptors (Lipinski definition) is 2. The van der Waals surface area contributed by atoms with Crippen LogP contribution < -0.4 is 0 Å². The normalized spacial score (nSPS) is 15.8. The van der Waals surface area contributed by atoms with Gasteiger partial charge in [0.2, 0.25) is 0 Å². The molecule has 0 bridgehead atoms. The summed E-state index contributed by atoms with van der Waals surface area (Å²) in [5.74, 6) is 0.322. The van der Waals surface area contributed by atoms with Crippen LogP contribution in [0.2, 0.25) is 0 Å². The molecule has 0 unspecified atom stereocenters. The molecule has 3 rings (SSSR count). The third-order valence-electron chi connectivity index (χ3n) is 2.95. The van der Waals surface area contributed by atoms with Gasteiger partial charge in [-0.2, -0.15) is 0 Å². The van der Waals surface area contributed by atoms with E-state index in [1.165, 1.54) is 0 Å². The van der Waals surface area contributed by atoms with E-state index in [1.54, 1.807) is 6.07 Å². The summed E-state index contributed by atoms with van der Waals surface area (Å²) in [6.45, 7) is 0. The summed E-state index contributed by atoms with van der Waals surface area (Å²) in [4.78, 5) is 11.6. The number of carbonyl (C=O) groups is 1. The molecule has 0 aromatic heterocycles. The average Bonchev–Trinajstić information content (AvgIpc) is 2.78. The fourth-order valence-corrected chi connectivity index (χ4v) is 2.02. The number of ether oxygens (including phenoxy) is 1. The topological polar surface area (TPSA) is 26.3 Å². The maximum atomic E-state index is 11.6. The van der Waals surface area contributed by atoms with Gasteiger partial charge in [0.05, 0.1) is 5.56 Å². The van der Waals surface area contributed by atoms with E-state index in [9.17, 15) is 4.79 Å². The van der Waals surface area contributed by atoms with Gasteiger partial charge in [-0.05, 0) is 17.7 Å². The second kappa shape index (κ2) is 4.94. The molecular weight excluding hydrogens is 236 g/mol. The van der Waals surface area contributed by atoms with E-state index < -0.39 is 0 Å². The number of hydrogen-bond donors (Lipinski definition) is 0. The van der Waals surface area contributed by atoms with Crippen LogP contribution in [0.1, 0.15) is 21.5 Å². The molecule has 0 fully saturated rings. The minimum atomic E-state index is -0.282. The standard InChI is InChI=1S/C17H12O2/c18-17-15-11-5-4-10-14(15)16(19-17)12-6-9-13-7-2-1-3-8-13/h1-12H/b9-6+,16-12-. The fraction of sp³-hybridized carbons (Fsp3) is 0. The molecule has 2 nitrogen and oxygen atoms in total. The summed E-state index contributed by atoms with van der Waals surface area (Å²) >= 11 is 0. The molecular formula is C17H12O2. The van der Waals surface area contributed by atoms with Crippen LogP contribution in [0.5, 0.6) is 0 Å². The zero-order valence-electron chi connectivity index (χ0n) is 10.2. The van der Waals surface area contributed by atoms with E-state index in [0.29, 0.717) is 11.3 Å². The molecule has 0 amide bonds. The molecule has 92 valence electrons. The molecule has 1 aliphatic heterocycles. The molecule has 0 radical (unpaired) electrons. The van der Waals surface area contributed by atoms with Gasteiger partial charge < -0.3 is 4.74 Å². The lowest BCUT2D eigenvalue weighted by Crippen LogP contribution is -1.92. The Kier molecular flexibility index (Phi) is 2.99. The Balaban J connectivity index is 1.87. The van der Waals surface area contributed by atoms with Crippen LogP contribution in [0, 0.1) is 0 Å². The van der Waals surface area contributed by atoms with E-state index in [0.717, 1.165) is 11.1 Å². The van der Waals surface area contributed by atoms with Gasteiger partial charge in [0.25, 0.3) is 0 Å². The zero-order chi connectivity index (χ0) is 13.1. The van der Waals surface area contributed by atoms with Gasteiger partial charge in [-0.15, -0.1) is 0 Å². The molecule has 19 heavy (non-hydrogen) atoms. The first-order valence-corrected chi connectivity index (χ1v) is 6.09. The second-order valence-corrected chi connectivity index (χ2v) is 4.24. The zero-order valence-corrected chi connectivity index (χ0v) is 10.2. The summed E-state index contributed by atoms with van der Waals surface area (Å²) in [6, 6.07) is 17.4. The van der Waals surface area contributed by atoms with E-state index in [4.69, 9.17) is 4.74 Å². The maximum absolute atomic E-state index is 11.6. The third-order valence-corrected chi connectivity index (χ3v) is 2.95. The van der Waals surface area contributed by atoms with Crippen molar-refractivity contribution in [1.29, 1.82) is 0 Å². The highest BCUT2D eigenvalue weighted by atomic mass is 16.5. The first kappa shape index (κ1) is 11.5. The van der Waals surface area contributed by atoms with Gasteiger partial charge in [0, 0.05) is 5.56 Å². The summed E-state index contributed by atoms with van der Waals surface area (Å²) in [5.41, 5.74) is 2.59. The van der Waals surface area contributed by atoms with E-state index >= 15 is 0 Å². The Bertz CT molecular complexity index is 667. The Morgan fingerprint density at radius 3 is 2.32 bits per heavy atom. The van der Waals surface area contributed by atoms with E-state index in [1.807, 2.05) is 66.8 Å². The number of fused-ring (bicyclic) bond motifs is 1. The van der Waals surface area contributed by atoms with Gasteiger partial charge in [-0.1, -0.05) is 60.7 Å². The van der Waals surface area contributed by atoms with Crippen molar-refractivity contribution in [2.75, 3.05) is 0 Å². The molecule has 0 saturated carbocycles. The maximum Gasteiger partial charge on any atom is 0.344 e. The van der Waals surface area contributed by atoms with Crippen molar-refractivity contribution in [3.8, 4) is 0 Å². The van der Waals surface area contributed by atoms with Gasteiger partial charge in [0.1, 0.15) is 5.76 Å². The summed E-state index contributed by atoms with van der Waals surface area (Å²) in [5, 5.41) is 0. The van der Waals surface area contributed by atoms with Crippen LogP contribution in [0.3, 0.4) is 0 Å². The summed E-state index contributed by atoms with van der Waals surface area (Å²) in [7, 11) is 0. The Morgan fingerprint density at radius 1 is 0.842 bits per heavy atom. The SMILES string of the molecule is O=C1O/C(=C\C=C\c2ccccc2)c2ccccc21. The first-order valence-electron chi connectivity index (χ1n) is 6.09. The van der Waals surface area contributed by atoms with Crippen LogP contribution in [0.4, 0.5) is 0 Å². The third kappa shape index (κ3) is 2.33. The number of benzene rings is 2. The van der Waals surface area contributed by atoms with E-state index in [-0.39, 0.29) is 5.97 Å². The molecule has 2 aromatic rings. The molecule has 0 atom stereocenters. The molecule has 0 spiro atoms. The molecule has 1 aliphatic rings. The van der Waals surface area contributed by atoms with Crippen molar-refractivity contribution < 1.29 is 9.53 Å². The van der Waals surface area contributed by atoms with Crippen molar-refractivity contribution in [3.05, 3.63) is 83.4 Å². The minimum absolute atomic E-state index is 0.282. The fourth-order valence-electron chi connectivity index (χ4n) is 2.02. The lowest BCUT2D eigenvalue weighted by molar-refractivity contribution is 0.0716. The molecule has 0 aliphatic carbocycles. The van der Waals surface area contributed by atoms with Gasteiger partial charge in [-0.3, -0.25) is 0 Å². The highest BCUT2D eigenvalue weighted by Gasteiger charge is 2.24. The molecule has 0 N–H and O–H groups in total. The monoisotopic (exact) mass is 248 g/mol. The molecule has 2 aromatic carbocycles. The van der Waals surface area contributed by atoms with Crippen LogP contribution in [-0.2, 0) is 4.74 Å². The van der Waals surface area contributed by atoms with Crippen LogP contribution in [0.25, 0.3) is 11.8 Å². The number of esters is 1. The van der Waals surface area contributed by atoms with Gasteiger partial charge in [0.15, 0.2) is 0 Å². The number of allylic oxidation sites excluding steroid dienone is 2. The van der Waals surface area contributed by atoms with Gasteiger partial charge >= 0.3 is 5.97 Å². The summed E-state index contributed by atoms with van der Waals surface area (Å²) < 4.78 is 5.24. The van der Waals surface area contributed by atoms with Crippen molar-refractivity contribution in [1.82, 2.24) is 0 Å². The molecule has 0 saturated heterocycles. The van der Waals surface area contributed by atoms with Crippen LogP contribution in [-0.4, -0.2) is 5.97 Å². The van der Waals surface area contributed by atoms with E-state index in [2.05, 4.69) is 0 Å². The predicted molar refractivity (Wildman–Crippen MR) is 75.3 cm³/mol. The van der Waals surface area contributed by atoms with Crippen LogP contribution >= 0.6 is 0 Å². The number of carbonyl (C=O) groups excluding carboxylic acids is 1. The van der Waals surface area contributed by atoms with Gasteiger partial charge in [-0.25, -0.2) is 4.79 Å². The molecule has 1 heterocycles. The Morgan fingerprint density at radius 2 is 1.53 bits per heavy atom. The van der Waals surface area contributed by atoms with Crippen molar-refractivity contribution >= 4 is 17.8 Å². The number of rotatable bonds is 2. The van der Waals surface area contributed by atoms with Crippen LogP contribution in [0.15, 0.2) is 66.7 Å². The van der Waals surface area contributed by atoms with Crippen molar-refractivity contribution in [3.63, 3.8) is 0 Å². The highest BCUT2D eigenvalue weighted by molar-refractivity contribution is 6.03. The van der Waals surface area contributed by atoms with Crippen molar-refractivity contribution in [2.45, 2.75) is 0 Å². The van der Waals surface area contributed by atoms with Crippen molar-refractivity contribution in [2.24, 2.45) is 0 Å². The first-order chi connectivity index (χ1) is 9.34. The largest absolute Gasteiger partial charge is 0.422 e. The minimum Gasteiger partial charge on any atom is -0.422 e. The lowest BCUT2D eigenvalue weighted by Gasteiger charge is -1.95. The quantitative estimate of drug-likeness (QED) is 0.753. The molecule has 2 heteroatoms. The summed E-state index contributed by atoms with van der Waals surface area (Å²) in [6.07, 6.45) is 5.68. The predicted octanol–water partition coefficient (Wildman–Crippen LogP) is 3.91.